The minimum Gasteiger partial charge on any atom is -0.316 e. The molecule has 3 rings (SSSR count). The van der Waals surface area contributed by atoms with Crippen LogP contribution in [0.15, 0.2) is 22.2 Å². The Morgan fingerprint density at radius 3 is 3.21 bits per heavy atom. The molecule has 1 saturated heterocycles. The van der Waals surface area contributed by atoms with Crippen LogP contribution in [0.5, 0.6) is 0 Å². The van der Waals surface area contributed by atoms with E-state index in [4.69, 9.17) is 4.98 Å². The summed E-state index contributed by atoms with van der Waals surface area (Å²) < 4.78 is 0. The zero-order valence-electron chi connectivity index (χ0n) is 11.1. The van der Waals surface area contributed by atoms with E-state index in [0.29, 0.717) is 6.04 Å². The number of nitrogens with zero attached hydrogens (tertiary/aromatic N) is 2. The van der Waals surface area contributed by atoms with Crippen LogP contribution in [-0.2, 0) is 6.54 Å². The summed E-state index contributed by atoms with van der Waals surface area (Å²) in [5.74, 6) is 0. The Morgan fingerprint density at radius 1 is 1.47 bits per heavy atom. The molecule has 2 aromatic heterocycles. The first-order valence-electron chi connectivity index (χ1n) is 6.72. The summed E-state index contributed by atoms with van der Waals surface area (Å²) in [6.07, 6.45) is 2.58. The third-order valence-corrected chi connectivity index (χ3v) is 5.24. The highest BCUT2D eigenvalue weighted by Crippen LogP contribution is 2.26. The van der Waals surface area contributed by atoms with Crippen LogP contribution in [0.1, 0.15) is 18.5 Å². The van der Waals surface area contributed by atoms with Gasteiger partial charge >= 0.3 is 0 Å². The number of piperidine rings is 1. The third-order valence-electron chi connectivity index (χ3n) is 3.62. The van der Waals surface area contributed by atoms with Crippen molar-refractivity contribution in [3.63, 3.8) is 0 Å². The van der Waals surface area contributed by atoms with Gasteiger partial charge in [-0.2, -0.15) is 11.3 Å². The van der Waals surface area contributed by atoms with Crippen molar-refractivity contribution < 1.29 is 0 Å². The Hall–Kier alpha value is -0.750. The van der Waals surface area contributed by atoms with Crippen LogP contribution in [0.2, 0.25) is 0 Å². The maximum absolute atomic E-state index is 4.76. The first kappa shape index (κ1) is 13.2. The van der Waals surface area contributed by atoms with E-state index in [1.807, 2.05) is 0 Å². The maximum Gasteiger partial charge on any atom is 0.124 e. The van der Waals surface area contributed by atoms with Crippen molar-refractivity contribution in [1.82, 2.24) is 15.2 Å². The molecule has 0 bridgehead atoms. The number of likely N-dealkylation sites (tertiary alicyclic amines) is 1. The smallest absolute Gasteiger partial charge is 0.124 e. The van der Waals surface area contributed by atoms with Gasteiger partial charge in [0.1, 0.15) is 5.01 Å². The first-order chi connectivity index (χ1) is 9.35. The van der Waals surface area contributed by atoms with Gasteiger partial charge in [-0.3, -0.25) is 4.90 Å². The highest BCUT2D eigenvalue weighted by Gasteiger charge is 2.19. The maximum atomic E-state index is 4.76. The van der Waals surface area contributed by atoms with E-state index in [0.717, 1.165) is 18.1 Å². The lowest BCUT2D eigenvalue weighted by Crippen LogP contribution is -2.43. The molecule has 1 aliphatic rings. The number of hydrogen-bond acceptors (Lipinski definition) is 5. The minimum absolute atomic E-state index is 0.642. The Labute approximate surface area is 122 Å². The van der Waals surface area contributed by atoms with Crippen LogP contribution in [0.4, 0.5) is 0 Å². The number of likely N-dealkylation sites (N-methyl/N-ethyl adjacent to an activating group) is 1. The van der Waals surface area contributed by atoms with Gasteiger partial charge in [-0.15, -0.1) is 11.3 Å². The van der Waals surface area contributed by atoms with E-state index in [1.54, 1.807) is 22.7 Å². The Morgan fingerprint density at radius 2 is 2.42 bits per heavy atom. The summed E-state index contributed by atoms with van der Waals surface area (Å²) in [7, 11) is 2.06. The number of thiazole rings is 1. The molecule has 0 radical (unpaired) electrons. The molecule has 5 heteroatoms. The number of thiophene rings is 1. The number of aromatic nitrogens is 1. The molecule has 3 nitrogen and oxygen atoms in total. The summed E-state index contributed by atoms with van der Waals surface area (Å²) >= 11 is 3.49. The fourth-order valence-electron chi connectivity index (χ4n) is 2.56. The van der Waals surface area contributed by atoms with Crippen LogP contribution < -0.4 is 5.32 Å². The van der Waals surface area contributed by atoms with Gasteiger partial charge in [0.25, 0.3) is 0 Å². The van der Waals surface area contributed by atoms with Crippen LogP contribution in [-0.4, -0.2) is 36.1 Å². The zero-order valence-corrected chi connectivity index (χ0v) is 12.8. The predicted octanol–water partition coefficient (Wildman–Crippen LogP) is 3.06. The lowest BCUT2D eigenvalue weighted by Gasteiger charge is -2.31. The molecule has 102 valence electrons. The lowest BCUT2D eigenvalue weighted by atomic mass is 10.1. The number of hydrogen-bond donors (Lipinski definition) is 1. The molecule has 1 aliphatic heterocycles. The van der Waals surface area contributed by atoms with E-state index in [2.05, 4.69) is 39.5 Å². The first-order valence-corrected chi connectivity index (χ1v) is 8.54. The Bertz CT molecular complexity index is 507. The molecule has 0 saturated carbocycles. The van der Waals surface area contributed by atoms with Gasteiger partial charge in [-0.05, 0) is 37.9 Å². The fourth-order valence-corrected chi connectivity index (χ4v) is 4.09. The van der Waals surface area contributed by atoms with E-state index in [1.165, 1.54) is 30.6 Å². The van der Waals surface area contributed by atoms with Crippen molar-refractivity contribution in [2.75, 3.05) is 20.1 Å². The molecule has 0 spiro atoms. The molecular weight excluding hydrogens is 274 g/mol. The Kier molecular flexibility index (Phi) is 4.28. The van der Waals surface area contributed by atoms with Gasteiger partial charge in [-0.25, -0.2) is 4.98 Å². The third kappa shape index (κ3) is 3.23. The second kappa shape index (κ2) is 6.13. The van der Waals surface area contributed by atoms with E-state index >= 15 is 0 Å². The summed E-state index contributed by atoms with van der Waals surface area (Å²) in [5.41, 5.74) is 2.47. The van der Waals surface area contributed by atoms with Gasteiger partial charge in [0, 0.05) is 35.5 Å². The van der Waals surface area contributed by atoms with E-state index < -0.39 is 0 Å². The highest BCUT2D eigenvalue weighted by atomic mass is 32.1. The molecule has 1 atom stereocenters. The number of rotatable bonds is 4. The van der Waals surface area contributed by atoms with Crippen molar-refractivity contribution in [3.8, 4) is 10.6 Å². The summed E-state index contributed by atoms with van der Waals surface area (Å²) in [6, 6.07) is 2.79. The number of nitrogens with one attached hydrogen (secondary N) is 1. The molecule has 19 heavy (non-hydrogen) atoms. The van der Waals surface area contributed by atoms with Gasteiger partial charge in [0.05, 0.1) is 5.69 Å². The molecule has 0 amide bonds. The quantitative estimate of drug-likeness (QED) is 0.939. The monoisotopic (exact) mass is 293 g/mol. The van der Waals surface area contributed by atoms with Gasteiger partial charge in [0.15, 0.2) is 0 Å². The molecule has 0 aliphatic carbocycles. The zero-order chi connectivity index (χ0) is 13.1. The largest absolute Gasteiger partial charge is 0.316 e. The normalized spacial score (nSPS) is 20.8. The molecule has 1 N–H and O–H groups in total. The molecule has 2 aromatic rings. The highest BCUT2D eigenvalue weighted by molar-refractivity contribution is 7.14. The van der Waals surface area contributed by atoms with Gasteiger partial charge in [0.2, 0.25) is 0 Å². The topological polar surface area (TPSA) is 28.2 Å². The second-order valence-electron chi connectivity index (χ2n) is 5.02. The summed E-state index contributed by atoms with van der Waals surface area (Å²) in [5, 5.41) is 11.0. The van der Waals surface area contributed by atoms with Gasteiger partial charge < -0.3 is 5.32 Å². The van der Waals surface area contributed by atoms with Crippen molar-refractivity contribution in [1.29, 1.82) is 0 Å². The summed E-state index contributed by atoms with van der Waals surface area (Å²) in [6.45, 7) is 3.32. The average Bonchev–Trinajstić information content (AvgIpc) is 3.09. The minimum atomic E-state index is 0.642. The molecule has 1 unspecified atom stereocenters. The SMILES string of the molecule is CNC1CCCN(Cc2csc(-c3ccsc3)n2)C1. The molecule has 0 aromatic carbocycles. The fraction of sp³-hybridized carbons (Fsp3) is 0.500. The predicted molar refractivity (Wildman–Crippen MR) is 82.8 cm³/mol. The van der Waals surface area contributed by atoms with Crippen LogP contribution >= 0.6 is 22.7 Å². The van der Waals surface area contributed by atoms with Crippen LogP contribution in [0, 0.1) is 0 Å². The molecule has 1 fully saturated rings. The average molecular weight is 293 g/mol. The van der Waals surface area contributed by atoms with Gasteiger partial charge in [-0.1, -0.05) is 0 Å². The second-order valence-corrected chi connectivity index (χ2v) is 6.66. The van der Waals surface area contributed by atoms with Crippen molar-refractivity contribution in [3.05, 3.63) is 27.9 Å². The van der Waals surface area contributed by atoms with Crippen molar-refractivity contribution in [2.45, 2.75) is 25.4 Å². The van der Waals surface area contributed by atoms with Crippen molar-refractivity contribution in [2.24, 2.45) is 0 Å². The standard InChI is InChI=1S/C14H19N3S2/c1-15-12-3-2-5-17(7-12)8-13-10-19-14(16-13)11-4-6-18-9-11/h4,6,9-10,12,15H,2-3,5,7-8H2,1H3. The van der Waals surface area contributed by atoms with Crippen molar-refractivity contribution >= 4 is 22.7 Å². The Balaban J connectivity index is 1.64. The van der Waals surface area contributed by atoms with E-state index in [-0.39, 0.29) is 0 Å². The summed E-state index contributed by atoms with van der Waals surface area (Å²) in [4.78, 5) is 7.27. The molecule has 3 heterocycles. The lowest BCUT2D eigenvalue weighted by molar-refractivity contribution is 0.186. The van der Waals surface area contributed by atoms with E-state index in [9.17, 15) is 0 Å². The molecular formula is C14H19N3S2. The van der Waals surface area contributed by atoms with Crippen LogP contribution in [0.3, 0.4) is 0 Å². The van der Waals surface area contributed by atoms with Crippen LogP contribution in [0.25, 0.3) is 10.6 Å².